The molecule has 1 heterocycles. The van der Waals surface area contributed by atoms with Gasteiger partial charge in [-0.1, -0.05) is 28.1 Å². The molecule has 7 heteroatoms. The molecule has 0 N–H and O–H groups in total. The minimum atomic E-state index is -0.216. The second-order valence-corrected chi connectivity index (χ2v) is 7.88. The van der Waals surface area contributed by atoms with Crippen molar-refractivity contribution < 1.29 is 19.1 Å². The number of amides is 2. The smallest absolute Gasteiger partial charge is 0.265 e. The predicted molar refractivity (Wildman–Crippen MR) is 116 cm³/mol. The third kappa shape index (κ3) is 4.90. The van der Waals surface area contributed by atoms with Gasteiger partial charge in [-0.25, -0.2) is 0 Å². The van der Waals surface area contributed by atoms with E-state index in [1.807, 2.05) is 55.1 Å². The summed E-state index contributed by atoms with van der Waals surface area (Å²) in [6.45, 7) is 4.48. The zero-order valence-electron chi connectivity index (χ0n) is 16.9. The molecule has 0 aromatic heterocycles. The number of halogens is 1. The molecule has 0 saturated heterocycles. The highest BCUT2D eigenvalue weighted by Crippen LogP contribution is 2.34. The minimum Gasteiger partial charge on any atom is -0.497 e. The highest BCUT2D eigenvalue weighted by atomic mass is 79.9. The van der Waals surface area contributed by atoms with Crippen molar-refractivity contribution in [3.05, 3.63) is 52.5 Å². The van der Waals surface area contributed by atoms with E-state index in [1.54, 1.807) is 13.2 Å². The summed E-state index contributed by atoms with van der Waals surface area (Å²) in [5, 5.41) is 0. The summed E-state index contributed by atoms with van der Waals surface area (Å²) in [7, 11) is 1.64. The Balaban J connectivity index is 1.71. The topological polar surface area (TPSA) is 59.1 Å². The van der Waals surface area contributed by atoms with Gasteiger partial charge in [0.05, 0.1) is 12.8 Å². The lowest BCUT2D eigenvalue weighted by atomic mass is 10.1. The van der Waals surface area contributed by atoms with Gasteiger partial charge in [0.15, 0.2) is 6.61 Å². The SMILES string of the molecule is CCN(C(=O)CN1C(=O)COc2cc(Br)ccc21)C(C)Cc1ccc(OC)cc1. The van der Waals surface area contributed by atoms with Crippen LogP contribution in [0.25, 0.3) is 0 Å². The molecule has 0 radical (unpaired) electrons. The number of hydrogen-bond acceptors (Lipinski definition) is 4. The number of benzene rings is 2. The van der Waals surface area contributed by atoms with Gasteiger partial charge in [0, 0.05) is 17.1 Å². The van der Waals surface area contributed by atoms with Crippen molar-refractivity contribution in [2.75, 3.05) is 31.7 Å². The van der Waals surface area contributed by atoms with Crippen LogP contribution in [0.2, 0.25) is 0 Å². The maximum absolute atomic E-state index is 13.1. The molecular weight excluding hydrogens is 436 g/mol. The monoisotopic (exact) mass is 460 g/mol. The van der Waals surface area contributed by atoms with Gasteiger partial charge in [0.2, 0.25) is 5.91 Å². The summed E-state index contributed by atoms with van der Waals surface area (Å²) < 4.78 is 11.6. The number of carbonyl (C=O) groups is 2. The number of ether oxygens (including phenoxy) is 2. The van der Waals surface area contributed by atoms with Gasteiger partial charge in [-0.3, -0.25) is 14.5 Å². The molecule has 3 rings (SSSR count). The van der Waals surface area contributed by atoms with Gasteiger partial charge >= 0.3 is 0 Å². The van der Waals surface area contributed by atoms with Crippen LogP contribution in [-0.4, -0.2) is 49.6 Å². The van der Waals surface area contributed by atoms with Crippen molar-refractivity contribution >= 4 is 33.4 Å². The lowest BCUT2D eigenvalue weighted by Gasteiger charge is -2.33. The number of hydrogen-bond donors (Lipinski definition) is 0. The Kier molecular flexibility index (Phi) is 6.79. The quantitative estimate of drug-likeness (QED) is 0.632. The van der Waals surface area contributed by atoms with Crippen molar-refractivity contribution in [3.63, 3.8) is 0 Å². The van der Waals surface area contributed by atoms with Crippen LogP contribution in [0.15, 0.2) is 46.9 Å². The van der Waals surface area contributed by atoms with Crippen LogP contribution in [0.3, 0.4) is 0 Å². The first-order chi connectivity index (χ1) is 13.9. The fraction of sp³-hybridized carbons (Fsp3) is 0.364. The standard InChI is InChI=1S/C22H25BrN2O4/c1-4-24(15(2)11-16-5-8-18(28-3)9-6-16)21(26)13-25-19-10-7-17(23)12-20(19)29-14-22(25)27/h5-10,12,15H,4,11,13-14H2,1-3H3. The number of likely N-dealkylation sites (N-methyl/N-ethyl adjacent to an activating group) is 1. The van der Waals surface area contributed by atoms with E-state index in [1.165, 1.54) is 4.90 Å². The van der Waals surface area contributed by atoms with Crippen LogP contribution in [0, 0.1) is 0 Å². The number of carbonyl (C=O) groups excluding carboxylic acids is 2. The number of nitrogens with zero attached hydrogens (tertiary/aromatic N) is 2. The summed E-state index contributed by atoms with van der Waals surface area (Å²) in [5.74, 6) is 1.10. The molecule has 1 aliphatic heterocycles. The van der Waals surface area contributed by atoms with E-state index < -0.39 is 0 Å². The van der Waals surface area contributed by atoms with E-state index in [9.17, 15) is 9.59 Å². The molecule has 0 aliphatic carbocycles. The molecule has 2 amide bonds. The Morgan fingerprint density at radius 1 is 1.28 bits per heavy atom. The third-order valence-corrected chi connectivity index (χ3v) is 5.53. The zero-order valence-corrected chi connectivity index (χ0v) is 18.4. The molecule has 0 saturated carbocycles. The first kappa shape index (κ1) is 21.2. The molecule has 6 nitrogen and oxygen atoms in total. The van der Waals surface area contributed by atoms with Crippen molar-refractivity contribution in [1.82, 2.24) is 4.90 Å². The van der Waals surface area contributed by atoms with Crippen molar-refractivity contribution in [2.45, 2.75) is 26.3 Å². The van der Waals surface area contributed by atoms with Gasteiger partial charge < -0.3 is 14.4 Å². The van der Waals surface area contributed by atoms with Gasteiger partial charge in [0.25, 0.3) is 5.91 Å². The van der Waals surface area contributed by atoms with Crippen LogP contribution in [-0.2, 0) is 16.0 Å². The Morgan fingerprint density at radius 2 is 2.00 bits per heavy atom. The second-order valence-electron chi connectivity index (χ2n) is 6.96. The van der Waals surface area contributed by atoms with Gasteiger partial charge in [-0.2, -0.15) is 0 Å². The highest BCUT2D eigenvalue weighted by molar-refractivity contribution is 9.10. The third-order valence-electron chi connectivity index (χ3n) is 5.04. The van der Waals surface area contributed by atoms with Gasteiger partial charge in [-0.15, -0.1) is 0 Å². The molecule has 0 spiro atoms. The molecule has 0 bridgehead atoms. The maximum atomic E-state index is 13.1. The Labute approximate surface area is 179 Å². The molecule has 2 aromatic rings. The summed E-state index contributed by atoms with van der Waals surface area (Å²) in [6.07, 6.45) is 0.726. The van der Waals surface area contributed by atoms with E-state index in [-0.39, 0.29) is 31.0 Å². The molecular formula is C22H25BrN2O4. The number of rotatable bonds is 7. The lowest BCUT2D eigenvalue weighted by molar-refractivity contribution is -0.133. The second kappa shape index (κ2) is 9.31. The van der Waals surface area contributed by atoms with Gasteiger partial charge in [-0.05, 0) is 56.2 Å². The van der Waals surface area contributed by atoms with E-state index in [0.717, 1.165) is 22.2 Å². The summed E-state index contributed by atoms with van der Waals surface area (Å²) >= 11 is 3.40. The number of anilines is 1. The molecule has 154 valence electrons. The largest absolute Gasteiger partial charge is 0.497 e. The van der Waals surface area contributed by atoms with E-state index in [0.29, 0.717) is 18.0 Å². The van der Waals surface area contributed by atoms with Crippen LogP contribution in [0.4, 0.5) is 5.69 Å². The Hall–Kier alpha value is -2.54. The van der Waals surface area contributed by atoms with Crippen LogP contribution >= 0.6 is 15.9 Å². The first-order valence-electron chi connectivity index (χ1n) is 9.58. The summed E-state index contributed by atoms with van der Waals surface area (Å²) in [4.78, 5) is 28.8. The van der Waals surface area contributed by atoms with Crippen molar-refractivity contribution in [1.29, 1.82) is 0 Å². The predicted octanol–water partition coefficient (Wildman–Crippen LogP) is 3.66. The molecule has 0 fully saturated rings. The zero-order chi connectivity index (χ0) is 21.0. The lowest BCUT2D eigenvalue weighted by Crippen LogP contribution is -2.49. The maximum Gasteiger partial charge on any atom is 0.265 e. The normalized spacial score (nSPS) is 14.1. The average Bonchev–Trinajstić information content (AvgIpc) is 2.71. The number of methoxy groups -OCH3 is 1. The Morgan fingerprint density at radius 3 is 2.66 bits per heavy atom. The average molecular weight is 461 g/mol. The first-order valence-corrected chi connectivity index (χ1v) is 10.4. The van der Waals surface area contributed by atoms with Crippen molar-refractivity contribution in [2.24, 2.45) is 0 Å². The Bertz CT molecular complexity index is 885. The van der Waals surface area contributed by atoms with Crippen LogP contribution < -0.4 is 14.4 Å². The summed E-state index contributed by atoms with van der Waals surface area (Å²) in [5.41, 5.74) is 1.75. The molecule has 1 aliphatic rings. The van der Waals surface area contributed by atoms with E-state index in [4.69, 9.17) is 9.47 Å². The van der Waals surface area contributed by atoms with E-state index >= 15 is 0 Å². The van der Waals surface area contributed by atoms with Gasteiger partial charge in [0.1, 0.15) is 18.0 Å². The minimum absolute atomic E-state index is 0.00132. The van der Waals surface area contributed by atoms with Crippen LogP contribution in [0.1, 0.15) is 19.4 Å². The molecule has 1 unspecified atom stereocenters. The van der Waals surface area contributed by atoms with Crippen LogP contribution in [0.5, 0.6) is 11.5 Å². The highest BCUT2D eigenvalue weighted by Gasteiger charge is 2.30. The fourth-order valence-corrected chi connectivity index (χ4v) is 3.86. The fourth-order valence-electron chi connectivity index (χ4n) is 3.52. The molecule has 2 aromatic carbocycles. The number of fused-ring (bicyclic) bond motifs is 1. The summed E-state index contributed by atoms with van der Waals surface area (Å²) in [6, 6.07) is 13.3. The molecule has 29 heavy (non-hydrogen) atoms. The molecule has 1 atom stereocenters. The van der Waals surface area contributed by atoms with Crippen molar-refractivity contribution in [3.8, 4) is 11.5 Å². The van der Waals surface area contributed by atoms with E-state index in [2.05, 4.69) is 15.9 Å².